The van der Waals surface area contributed by atoms with Gasteiger partial charge in [-0.2, -0.15) is 4.98 Å². The lowest BCUT2D eigenvalue weighted by Gasteiger charge is -2.01. The molecule has 3 heterocycles. The van der Waals surface area contributed by atoms with Gasteiger partial charge in [0.1, 0.15) is 5.01 Å². The van der Waals surface area contributed by atoms with Crippen molar-refractivity contribution in [1.82, 2.24) is 20.4 Å². The Labute approximate surface area is 192 Å². The second kappa shape index (κ2) is 8.86. The van der Waals surface area contributed by atoms with E-state index in [1.54, 1.807) is 34.8 Å². The van der Waals surface area contributed by atoms with Gasteiger partial charge in [0.25, 0.3) is 5.91 Å². The molecular formula is C24H18N4O2S2. The van der Waals surface area contributed by atoms with E-state index in [0.29, 0.717) is 17.3 Å². The molecule has 0 spiro atoms. The van der Waals surface area contributed by atoms with Crippen LogP contribution in [0.2, 0.25) is 0 Å². The fourth-order valence-electron chi connectivity index (χ4n) is 3.15. The Morgan fingerprint density at radius 2 is 1.75 bits per heavy atom. The minimum atomic E-state index is -0.185. The molecule has 5 aromatic rings. The molecule has 0 aliphatic heterocycles. The molecule has 0 aliphatic rings. The molecule has 1 N–H and O–H groups in total. The third-order valence-corrected chi connectivity index (χ3v) is 6.81. The number of amides is 1. The summed E-state index contributed by atoms with van der Waals surface area (Å²) in [5, 5.41) is 9.92. The Bertz CT molecular complexity index is 1350. The molecule has 5 rings (SSSR count). The lowest BCUT2D eigenvalue weighted by atomic mass is 10.1. The number of hydrogen-bond donors (Lipinski definition) is 1. The van der Waals surface area contributed by atoms with Gasteiger partial charge in [0.15, 0.2) is 0 Å². The molecule has 0 aliphatic carbocycles. The fraction of sp³-hybridized carbons (Fsp3) is 0.0833. The van der Waals surface area contributed by atoms with Crippen LogP contribution in [0.4, 0.5) is 0 Å². The lowest BCUT2D eigenvalue weighted by molar-refractivity contribution is 0.0946. The van der Waals surface area contributed by atoms with Crippen LogP contribution >= 0.6 is 22.7 Å². The minimum absolute atomic E-state index is 0.169. The van der Waals surface area contributed by atoms with Gasteiger partial charge in [-0.15, -0.1) is 22.7 Å². The van der Waals surface area contributed by atoms with Crippen molar-refractivity contribution < 1.29 is 9.32 Å². The third kappa shape index (κ3) is 4.37. The highest BCUT2D eigenvalue weighted by molar-refractivity contribution is 7.21. The van der Waals surface area contributed by atoms with Crippen molar-refractivity contribution in [3.8, 4) is 32.5 Å². The molecule has 0 atom stereocenters. The highest BCUT2D eigenvalue weighted by Gasteiger charge is 2.12. The number of hydrogen-bond acceptors (Lipinski definition) is 7. The molecule has 0 fully saturated rings. The number of thiophene rings is 1. The number of aromatic nitrogens is 3. The molecule has 0 bridgehead atoms. The maximum atomic E-state index is 12.2. The van der Waals surface area contributed by atoms with Crippen LogP contribution in [-0.4, -0.2) is 21.0 Å². The number of nitrogens with one attached hydrogen (secondary N) is 1. The van der Waals surface area contributed by atoms with E-state index in [4.69, 9.17) is 9.51 Å². The van der Waals surface area contributed by atoms with Crippen molar-refractivity contribution in [2.24, 2.45) is 0 Å². The number of carbonyl (C=O) groups excluding carboxylic acids is 1. The summed E-state index contributed by atoms with van der Waals surface area (Å²) in [5.74, 6) is 0.646. The quantitative estimate of drug-likeness (QED) is 0.346. The Balaban J connectivity index is 1.25. The summed E-state index contributed by atoms with van der Waals surface area (Å²) in [6.07, 6.45) is 0. The molecule has 6 nitrogen and oxygen atoms in total. The maximum Gasteiger partial charge on any atom is 0.251 e. The number of aryl methyl sites for hydroxylation is 1. The first-order valence-corrected chi connectivity index (χ1v) is 11.6. The van der Waals surface area contributed by atoms with E-state index in [9.17, 15) is 4.79 Å². The summed E-state index contributed by atoms with van der Waals surface area (Å²) in [6.45, 7) is 2.27. The molecular weight excluding hydrogens is 440 g/mol. The van der Waals surface area contributed by atoms with Gasteiger partial charge in [-0.25, -0.2) is 4.98 Å². The Morgan fingerprint density at radius 3 is 2.50 bits per heavy atom. The second-order valence-electron chi connectivity index (χ2n) is 7.09. The number of rotatable bonds is 6. The molecule has 2 aromatic carbocycles. The van der Waals surface area contributed by atoms with Crippen LogP contribution in [0.15, 0.2) is 76.6 Å². The predicted molar refractivity (Wildman–Crippen MR) is 127 cm³/mol. The van der Waals surface area contributed by atoms with Gasteiger partial charge < -0.3 is 9.84 Å². The summed E-state index contributed by atoms with van der Waals surface area (Å²) in [7, 11) is 0. The summed E-state index contributed by atoms with van der Waals surface area (Å²) in [6, 6.07) is 21.1. The van der Waals surface area contributed by atoms with Crippen LogP contribution in [0.1, 0.15) is 21.1 Å². The molecule has 3 aromatic heterocycles. The van der Waals surface area contributed by atoms with Crippen LogP contribution < -0.4 is 5.32 Å². The van der Waals surface area contributed by atoms with Gasteiger partial charge in [-0.1, -0.05) is 47.6 Å². The van der Waals surface area contributed by atoms with Crippen LogP contribution in [0.25, 0.3) is 32.5 Å². The molecule has 1 amide bonds. The number of benzene rings is 2. The molecule has 32 heavy (non-hydrogen) atoms. The largest absolute Gasteiger partial charge is 0.343 e. The van der Waals surface area contributed by atoms with Crippen LogP contribution in [0, 0.1) is 6.92 Å². The van der Waals surface area contributed by atoms with Crippen LogP contribution in [0.5, 0.6) is 0 Å². The Kier molecular flexibility index (Phi) is 5.62. The standard InChI is InChI=1S/C24H18N4O2S2/c1-15-7-12-20(32-15)24-26-19(14-31-24)16-8-10-17(11-9-16)22-27-21(30-28-22)13-25-23(29)18-5-3-2-4-6-18/h2-12,14H,13H2,1H3,(H,25,29). The van der Waals surface area contributed by atoms with Crippen LogP contribution in [0.3, 0.4) is 0 Å². The van der Waals surface area contributed by atoms with Crippen molar-refractivity contribution >= 4 is 28.6 Å². The van der Waals surface area contributed by atoms with Crippen molar-refractivity contribution in [3.63, 3.8) is 0 Å². The molecule has 0 radical (unpaired) electrons. The zero-order chi connectivity index (χ0) is 21.9. The zero-order valence-electron chi connectivity index (χ0n) is 17.1. The molecule has 0 saturated heterocycles. The monoisotopic (exact) mass is 458 g/mol. The topological polar surface area (TPSA) is 80.9 Å². The molecule has 8 heteroatoms. The average Bonchev–Trinajstić information content (AvgIpc) is 3.59. The summed E-state index contributed by atoms with van der Waals surface area (Å²) >= 11 is 3.40. The fourth-order valence-corrected chi connectivity index (χ4v) is 4.92. The summed E-state index contributed by atoms with van der Waals surface area (Å²) in [5.41, 5.74) is 3.40. The lowest BCUT2D eigenvalue weighted by Crippen LogP contribution is -2.22. The van der Waals surface area contributed by atoms with Gasteiger partial charge >= 0.3 is 0 Å². The van der Waals surface area contributed by atoms with Gasteiger partial charge in [-0.05, 0) is 31.2 Å². The SMILES string of the molecule is Cc1ccc(-c2nc(-c3ccc(-c4noc(CNC(=O)c5ccccc5)n4)cc3)cs2)s1. The molecule has 158 valence electrons. The Hall–Kier alpha value is -3.62. The summed E-state index contributed by atoms with van der Waals surface area (Å²) < 4.78 is 5.29. The van der Waals surface area contributed by atoms with E-state index in [0.717, 1.165) is 21.8 Å². The van der Waals surface area contributed by atoms with E-state index in [1.165, 1.54) is 9.75 Å². The first-order chi connectivity index (χ1) is 15.7. The van der Waals surface area contributed by atoms with Crippen molar-refractivity contribution in [2.75, 3.05) is 0 Å². The van der Waals surface area contributed by atoms with Gasteiger partial charge in [0.2, 0.25) is 11.7 Å². The average molecular weight is 459 g/mol. The zero-order valence-corrected chi connectivity index (χ0v) is 18.7. The molecule has 0 unspecified atom stereocenters. The first-order valence-electron chi connectivity index (χ1n) is 9.95. The van der Waals surface area contributed by atoms with E-state index < -0.39 is 0 Å². The number of thiazole rings is 1. The number of nitrogens with zero attached hydrogens (tertiary/aromatic N) is 3. The smallest absolute Gasteiger partial charge is 0.251 e. The summed E-state index contributed by atoms with van der Waals surface area (Å²) in [4.78, 5) is 23.8. The maximum absolute atomic E-state index is 12.2. The highest BCUT2D eigenvalue weighted by atomic mass is 32.1. The second-order valence-corrected chi connectivity index (χ2v) is 9.23. The molecule has 0 saturated carbocycles. The van der Waals surface area contributed by atoms with Crippen molar-refractivity contribution in [1.29, 1.82) is 0 Å². The van der Waals surface area contributed by atoms with Crippen molar-refractivity contribution in [3.05, 3.63) is 88.4 Å². The third-order valence-electron chi connectivity index (χ3n) is 4.80. The Morgan fingerprint density at radius 1 is 0.969 bits per heavy atom. The van der Waals surface area contributed by atoms with E-state index >= 15 is 0 Å². The minimum Gasteiger partial charge on any atom is -0.343 e. The normalized spacial score (nSPS) is 10.9. The van der Waals surface area contributed by atoms with Crippen molar-refractivity contribution in [2.45, 2.75) is 13.5 Å². The van der Waals surface area contributed by atoms with E-state index in [1.807, 2.05) is 42.5 Å². The first kappa shape index (κ1) is 20.3. The highest BCUT2D eigenvalue weighted by Crippen LogP contribution is 2.33. The van der Waals surface area contributed by atoms with Gasteiger partial charge in [0.05, 0.1) is 17.1 Å². The predicted octanol–water partition coefficient (Wildman–Crippen LogP) is 5.83. The van der Waals surface area contributed by atoms with Gasteiger partial charge in [-0.3, -0.25) is 4.79 Å². The van der Waals surface area contributed by atoms with E-state index in [-0.39, 0.29) is 12.5 Å². The number of carbonyl (C=O) groups is 1. The van der Waals surface area contributed by atoms with E-state index in [2.05, 4.69) is 39.9 Å². The van der Waals surface area contributed by atoms with Crippen LogP contribution in [-0.2, 0) is 6.54 Å². The van der Waals surface area contributed by atoms with Gasteiger partial charge in [0, 0.05) is 26.9 Å².